The van der Waals surface area contributed by atoms with Gasteiger partial charge in [0.25, 0.3) is 5.89 Å². The zero-order valence-electron chi connectivity index (χ0n) is 10.8. The molecular formula is C14H18N2O. The van der Waals surface area contributed by atoms with Crippen molar-refractivity contribution in [2.75, 3.05) is 0 Å². The first-order valence-electron chi connectivity index (χ1n) is 5.94. The van der Waals surface area contributed by atoms with Gasteiger partial charge >= 0.3 is 0 Å². The zero-order chi connectivity index (χ0) is 12.5. The van der Waals surface area contributed by atoms with Crippen LogP contribution in [0.4, 0.5) is 0 Å². The first-order valence-corrected chi connectivity index (χ1v) is 5.94. The van der Waals surface area contributed by atoms with Crippen LogP contribution in [0.15, 0.2) is 28.8 Å². The topological polar surface area (TPSA) is 38.9 Å². The third-order valence-corrected chi connectivity index (χ3v) is 2.78. The van der Waals surface area contributed by atoms with E-state index in [4.69, 9.17) is 4.52 Å². The quantitative estimate of drug-likeness (QED) is 0.791. The van der Waals surface area contributed by atoms with Gasteiger partial charge in [0, 0.05) is 12.0 Å². The molecule has 0 bridgehead atoms. The SMILES string of the molecule is CCc1noc(-c2ccc(C(C)(C)C)cc2)n1. The highest BCUT2D eigenvalue weighted by Gasteiger charge is 2.14. The molecule has 2 rings (SSSR count). The van der Waals surface area contributed by atoms with Crippen LogP contribution in [0.3, 0.4) is 0 Å². The van der Waals surface area contributed by atoms with Crippen molar-refractivity contribution in [3.8, 4) is 11.5 Å². The molecule has 0 fully saturated rings. The molecule has 1 aromatic heterocycles. The van der Waals surface area contributed by atoms with Gasteiger partial charge in [-0.3, -0.25) is 0 Å². The van der Waals surface area contributed by atoms with Gasteiger partial charge in [0.05, 0.1) is 0 Å². The molecule has 0 saturated carbocycles. The number of benzene rings is 1. The molecule has 0 aliphatic carbocycles. The Morgan fingerprint density at radius 1 is 1.12 bits per heavy atom. The van der Waals surface area contributed by atoms with Gasteiger partial charge in [-0.2, -0.15) is 4.98 Å². The monoisotopic (exact) mass is 230 g/mol. The number of hydrogen-bond donors (Lipinski definition) is 0. The summed E-state index contributed by atoms with van der Waals surface area (Å²) >= 11 is 0. The molecular weight excluding hydrogens is 212 g/mol. The summed E-state index contributed by atoms with van der Waals surface area (Å²) in [6, 6.07) is 8.30. The maximum atomic E-state index is 5.21. The van der Waals surface area contributed by atoms with Gasteiger partial charge < -0.3 is 4.52 Å². The van der Waals surface area contributed by atoms with E-state index in [1.807, 2.05) is 19.1 Å². The van der Waals surface area contributed by atoms with Crippen LogP contribution in [0.2, 0.25) is 0 Å². The first kappa shape index (κ1) is 11.8. The Labute approximate surface area is 102 Å². The van der Waals surface area contributed by atoms with Gasteiger partial charge in [-0.05, 0) is 23.1 Å². The molecule has 90 valence electrons. The van der Waals surface area contributed by atoms with Crippen LogP contribution in [-0.2, 0) is 11.8 Å². The van der Waals surface area contributed by atoms with Crippen molar-refractivity contribution in [1.29, 1.82) is 0 Å². The van der Waals surface area contributed by atoms with Crippen LogP contribution in [0.1, 0.15) is 39.1 Å². The van der Waals surface area contributed by atoms with E-state index < -0.39 is 0 Å². The smallest absolute Gasteiger partial charge is 0.257 e. The summed E-state index contributed by atoms with van der Waals surface area (Å²) in [7, 11) is 0. The van der Waals surface area contributed by atoms with Gasteiger partial charge in [0.1, 0.15) is 0 Å². The second-order valence-corrected chi connectivity index (χ2v) is 5.20. The highest BCUT2D eigenvalue weighted by Crippen LogP contribution is 2.25. The number of rotatable bonds is 2. The van der Waals surface area contributed by atoms with E-state index in [9.17, 15) is 0 Å². The standard InChI is InChI=1S/C14H18N2O/c1-5-12-15-13(17-16-12)10-6-8-11(9-7-10)14(2,3)4/h6-9H,5H2,1-4H3. The van der Waals surface area contributed by atoms with Gasteiger partial charge in [-0.25, -0.2) is 0 Å². The maximum Gasteiger partial charge on any atom is 0.257 e. The van der Waals surface area contributed by atoms with Crippen molar-refractivity contribution >= 4 is 0 Å². The Bertz CT molecular complexity index is 492. The maximum absolute atomic E-state index is 5.21. The lowest BCUT2D eigenvalue weighted by Gasteiger charge is -2.18. The molecule has 1 heterocycles. The van der Waals surface area contributed by atoms with E-state index in [2.05, 4.69) is 43.0 Å². The molecule has 17 heavy (non-hydrogen) atoms. The molecule has 0 aliphatic rings. The van der Waals surface area contributed by atoms with Crippen LogP contribution >= 0.6 is 0 Å². The lowest BCUT2D eigenvalue weighted by atomic mass is 9.87. The minimum atomic E-state index is 0.169. The molecule has 1 aromatic carbocycles. The van der Waals surface area contributed by atoms with Crippen molar-refractivity contribution in [3.63, 3.8) is 0 Å². The number of hydrogen-bond acceptors (Lipinski definition) is 3. The summed E-state index contributed by atoms with van der Waals surface area (Å²) in [6.07, 6.45) is 0.795. The Morgan fingerprint density at radius 2 is 1.76 bits per heavy atom. The van der Waals surface area contributed by atoms with Crippen LogP contribution < -0.4 is 0 Å². The lowest BCUT2D eigenvalue weighted by molar-refractivity contribution is 0.423. The fourth-order valence-corrected chi connectivity index (χ4v) is 1.63. The molecule has 0 amide bonds. The molecule has 0 saturated heterocycles. The molecule has 0 N–H and O–H groups in total. The highest BCUT2D eigenvalue weighted by atomic mass is 16.5. The summed E-state index contributed by atoms with van der Waals surface area (Å²) in [5, 5.41) is 3.90. The fourth-order valence-electron chi connectivity index (χ4n) is 1.63. The van der Waals surface area contributed by atoms with Crippen molar-refractivity contribution < 1.29 is 4.52 Å². The fraction of sp³-hybridized carbons (Fsp3) is 0.429. The lowest BCUT2D eigenvalue weighted by Crippen LogP contribution is -2.10. The Hall–Kier alpha value is -1.64. The summed E-state index contributed by atoms with van der Waals surface area (Å²) in [5.41, 5.74) is 2.45. The summed E-state index contributed by atoms with van der Waals surface area (Å²) < 4.78 is 5.21. The molecule has 0 unspecified atom stereocenters. The molecule has 3 nitrogen and oxygen atoms in total. The van der Waals surface area contributed by atoms with Gasteiger partial charge in [0.2, 0.25) is 0 Å². The summed E-state index contributed by atoms with van der Waals surface area (Å²) in [6.45, 7) is 8.61. The second kappa shape index (κ2) is 4.32. The van der Waals surface area contributed by atoms with Gasteiger partial charge in [0.15, 0.2) is 5.82 Å². The molecule has 0 atom stereocenters. The third-order valence-electron chi connectivity index (χ3n) is 2.78. The number of aromatic nitrogens is 2. The van der Waals surface area contributed by atoms with Crippen molar-refractivity contribution in [1.82, 2.24) is 10.1 Å². The number of aryl methyl sites for hydroxylation is 1. The average Bonchev–Trinajstić information content (AvgIpc) is 2.76. The minimum Gasteiger partial charge on any atom is -0.334 e. The average molecular weight is 230 g/mol. The number of nitrogens with zero attached hydrogens (tertiary/aromatic N) is 2. The Kier molecular flexibility index (Phi) is 3.01. The summed E-state index contributed by atoms with van der Waals surface area (Å²) in [4.78, 5) is 4.31. The third kappa shape index (κ3) is 2.54. The van der Waals surface area contributed by atoms with Gasteiger partial charge in [-0.15, -0.1) is 0 Å². The van der Waals surface area contributed by atoms with E-state index in [-0.39, 0.29) is 5.41 Å². The normalized spacial score (nSPS) is 11.8. The minimum absolute atomic E-state index is 0.169. The molecule has 0 radical (unpaired) electrons. The molecule has 2 aromatic rings. The van der Waals surface area contributed by atoms with Crippen molar-refractivity contribution in [2.24, 2.45) is 0 Å². The molecule has 3 heteroatoms. The largest absolute Gasteiger partial charge is 0.334 e. The van der Waals surface area contributed by atoms with E-state index in [1.54, 1.807) is 0 Å². The van der Waals surface area contributed by atoms with E-state index in [1.165, 1.54) is 5.56 Å². The zero-order valence-corrected chi connectivity index (χ0v) is 10.8. The molecule has 0 spiro atoms. The predicted molar refractivity (Wildman–Crippen MR) is 67.8 cm³/mol. The van der Waals surface area contributed by atoms with E-state index >= 15 is 0 Å². The van der Waals surface area contributed by atoms with Crippen LogP contribution in [0.25, 0.3) is 11.5 Å². The predicted octanol–water partition coefficient (Wildman–Crippen LogP) is 3.60. The van der Waals surface area contributed by atoms with Crippen LogP contribution in [-0.4, -0.2) is 10.1 Å². The van der Waals surface area contributed by atoms with E-state index in [0.29, 0.717) is 5.89 Å². The Morgan fingerprint density at radius 3 is 2.24 bits per heavy atom. The van der Waals surface area contributed by atoms with Crippen LogP contribution in [0, 0.1) is 0 Å². The Balaban J connectivity index is 2.29. The summed E-state index contributed by atoms with van der Waals surface area (Å²) in [5.74, 6) is 1.35. The van der Waals surface area contributed by atoms with Crippen LogP contribution in [0.5, 0.6) is 0 Å². The second-order valence-electron chi connectivity index (χ2n) is 5.20. The van der Waals surface area contributed by atoms with E-state index in [0.717, 1.165) is 17.8 Å². The highest BCUT2D eigenvalue weighted by molar-refractivity contribution is 5.53. The van der Waals surface area contributed by atoms with Gasteiger partial charge in [-0.1, -0.05) is 45.0 Å². The van der Waals surface area contributed by atoms with Crippen molar-refractivity contribution in [3.05, 3.63) is 35.7 Å². The van der Waals surface area contributed by atoms with Crippen molar-refractivity contribution in [2.45, 2.75) is 39.5 Å². The molecule has 0 aliphatic heterocycles. The first-order chi connectivity index (χ1) is 8.00.